The summed E-state index contributed by atoms with van der Waals surface area (Å²) in [5.74, 6) is 0. The highest BCUT2D eigenvalue weighted by Crippen LogP contribution is 2.42. The second-order valence-electron chi connectivity index (χ2n) is 6.30. The summed E-state index contributed by atoms with van der Waals surface area (Å²) in [4.78, 5) is -0.0702. The van der Waals surface area contributed by atoms with Crippen LogP contribution in [0.15, 0.2) is 77.0 Å². The first-order valence-corrected chi connectivity index (χ1v) is 8.87. The smallest absolute Gasteiger partial charge is 0.205 e. The Bertz CT molecular complexity index is 789. The van der Waals surface area contributed by atoms with Gasteiger partial charge >= 0.3 is 0 Å². The van der Waals surface area contributed by atoms with Gasteiger partial charge in [-0.1, -0.05) is 69.0 Å². The second-order valence-corrected chi connectivity index (χ2v) is 8.27. The predicted octanol–water partition coefficient (Wildman–Crippen LogP) is 3.70. The topological polar surface area (TPSA) is 54.4 Å². The van der Waals surface area contributed by atoms with Crippen molar-refractivity contribution >= 4 is 9.84 Å². The van der Waals surface area contributed by atoms with Crippen molar-refractivity contribution in [3.05, 3.63) is 77.7 Å². The molecule has 0 aromatic heterocycles. The van der Waals surface area contributed by atoms with Gasteiger partial charge in [-0.2, -0.15) is 0 Å². The van der Waals surface area contributed by atoms with E-state index in [9.17, 15) is 13.5 Å². The minimum atomic E-state index is -3.83. The quantitative estimate of drug-likeness (QED) is 0.909. The Balaban J connectivity index is 2.49. The molecule has 0 aliphatic rings. The minimum absolute atomic E-state index is 0.133. The first-order valence-electron chi connectivity index (χ1n) is 7.39. The normalized spacial score (nSPS) is 15.0. The van der Waals surface area contributed by atoms with Crippen LogP contribution in [0.5, 0.6) is 0 Å². The summed E-state index contributed by atoms with van der Waals surface area (Å²) >= 11 is 0. The molecule has 3 nitrogen and oxygen atoms in total. The van der Waals surface area contributed by atoms with E-state index in [1.165, 1.54) is 19.1 Å². The molecule has 0 saturated carbocycles. The van der Waals surface area contributed by atoms with E-state index >= 15 is 0 Å². The molecule has 0 aliphatic carbocycles. The fourth-order valence-electron chi connectivity index (χ4n) is 2.49. The first-order chi connectivity index (χ1) is 10.6. The third-order valence-electron chi connectivity index (χ3n) is 4.63. The highest BCUT2D eigenvalue weighted by Gasteiger charge is 2.47. The Kier molecular flexibility index (Phi) is 4.51. The van der Waals surface area contributed by atoms with Gasteiger partial charge in [-0.25, -0.2) is 8.42 Å². The zero-order valence-corrected chi connectivity index (χ0v) is 14.5. The Labute approximate surface area is 138 Å². The minimum Gasteiger partial charge on any atom is -0.384 e. The van der Waals surface area contributed by atoms with E-state index in [1.807, 2.05) is 44.2 Å². The first kappa shape index (κ1) is 17.4. The van der Waals surface area contributed by atoms with Crippen molar-refractivity contribution in [1.82, 2.24) is 0 Å². The summed E-state index contributed by atoms with van der Waals surface area (Å²) in [5, 5.41) is 11.1. The van der Waals surface area contributed by atoms with Crippen LogP contribution in [0.25, 0.3) is 0 Å². The molecule has 23 heavy (non-hydrogen) atoms. The third kappa shape index (κ3) is 2.96. The van der Waals surface area contributed by atoms with Gasteiger partial charge in [0.25, 0.3) is 0 Å². The molecule has 0 amide bonds. The van der Waals surface area contributed by atoms with Crippen molar-refractivity contribution in [2.75, 3.05) is 0 Å². The van der Waals surface area contributed by atoms with E-state index in [0.717, 1.165) is 5.56 Å². The lowest BCUT2D eigenvalue weighted by atomic mass is 9.71. The second kappa shape index (κ2) is 5.95. The van der Waals surface area contributed by atoms with Gasteiger partial charge in [-0.05, 0) is 24.6 Å². The van der Waals surface area contributed by atoms with Gasteiger partial charge in [-0.15, -0.1) is 0 Å². The van der Waals surface area contributed by atoms with Crippen molar-refractivity contribution in [1.29, 1.82) is 0 Å². The number of benzene rings is 2. The van der Waals surface area contributed by atoms with Gasteiger partial charge in [0, 0.05) is 5.41 Å². The Morgan fingerprint density at radius 3 is 1.83 bits per heavy atom. The van der Waals surface area contributed by atoms with Crippen molar-refractivity contribution in [2.45, 2.75) is 36.7 Å². The fourth-order valence-corrected chi connectivity index (χ4v) is 4.07. The van der Waals surface area contributed by atoms with Crippen molar-refractivity contribution < 1.29 is 13.5 Å². The van der Waals surface area contributed by atoms with E-state index in [0.29, 0.717) is 0 Å². The van der Waals surface area contributed by atoms with Crippen LogP contribution in [0.2, 0.25) is 0 Å². The summed E-state index contributed by atoms with van der Waals surface area (Å²) in [6.45, 7) is 8.86. The summed E-state index contributed by atoms with van der Waals surface area (Å²) in [7, 11) is -3.83. The van der Waals surface area contributed by atoms with Crippen LogP contribution in [0.1, 0.15) is 26.3 Å². The van der Waals surface area contributed by atoms with Crippen LogP contribution in [-0.2, 0) is 15.3 Å². The molecule has 1 N–H and O–H groups in total. The van der Waals surface area contributed by atoms with E-state index in [1.54, 1.807) is 18.2 Å². The van der Waals surface area contributed by atoms with Crippen LogP contribution in [0.4, 0.5) is 0 Å². The lowest BCUT2D eigenvalue weighted by Crippen LogP contribution is -2.48. The van der Waals surface area contributed by atoms with Gasteiger partial charge < -0.3 is 5.11 Å². The molecule has 0 bridgehead atoms. The molecule has 2 rings (SSSR count). The Morgan fingerprint density at radius 1 is 0.913 bits per heavy atom. The fraction of sp³-hybridized carbons (Fsp3) is 0.263. The Morgan fingerprint density at radius 2 is 1.35 bits per heavy atom. The zero-order chi connectivity index (χ0) is 17.3. The van der Waals surface area contributed by atoms with Gasteiger partial charge in [0.05, 0.1) is 9.80 Å². The summed E-state index contributed by atoms with van der Waals surface area (Å²) in [6.07, 6.45) is 0. The zero-order valence-electron chi connectivity index (χ0n) is 13.7. The molecule has 0 heterocycles. The van der Waals surface area contributed by atoms with Crippen LogP contribution in [0, 0.1) is 0 Å². The maximum atomic E-state index is 12.8. The molecular weight excluding hydrogens is 308 g/mol. The highest BCUT2D eigenvalue weighted by molar-refractivity contribution is 7.95. The Hall–Kier alpha value is -1.91. The number of sulfone groups is 1. The molecule has 0 saturated heterocycles. The summed E-state index contributed by atoms with van der Waals surface area (Å²) in [6, 6.07) is 17.4. The SMILES string of the molecule is C=C(C(C)(O)C(C)(C)c1ccccc1)S(=O)(=O)c1ccccc1. The molecule has 0 radical (unpaired) electrons. The lowest BCUT2D eigenvalue weighted by molar-refractivity contribution is 0.0341. The highest BCUT2D eigenvalue weighted by atomic mass is 32.2. The molecule has 122 valence electrons. The van der Waals surface area contributed by atoms with Crippen LogP contribution in [-0.4, -0.2) is 19.1 Å². The van der Waals surface area contributed by atoms with Crippen LogP contribution >= 0.6 is 0 Å². The monoisotopic (exact) mass is 330 g/mol. The third-order valence-corrected chi connectivity index (χ3v) is 6.57. The van der Waals surface area contributed by atoms with E-state index in [2.05, 4.69) is 6.58 Å². The average molecular weight is 330 g/mol. The maximum absolute atomic E-state index is 12.8. The number of rotatable bonds is 5. The molecule has 0 fully saturated rings. The van der Waals surface area contributed by atoms with Crippen molar-refractivity contribution in [2.24, 2.45) is 0 Å². The molecule has 1 atom stereocenters. The van der Waals surface area contributed by atoms with Gasteiger partial charge in [0.1, 0.15) is 5.60 Å². The summed E-state index contributed by atoms with van der Waals surface area (Å²) in [5.41, 5.74) is -1.62. The standard InChI is InChI=1S/C19H22O3S/c1-15(23(21,22)17-13-9-6-10-14-17)19(4,20)18(2,3)16-11-7-5-8-12-16/h5-14,20H,1H2,2-4H3. The van der Waals surface area contributed by atoms with Crippen molar-refractivity contribution in [3.8, 4) is 0 Å². The molecule has 2 aromatic rings. The average Bonchev–Trinajstić information content (AvgIpc) is 2.55. The number of aliphatic hydroxyl groups is 1. The largest absolute Gasteiger partial charge is 0.384 e. The molecule has 1 unspecified atom stereocenters. The predicted molar refractivity (Wildman–Crippen MR) is 92.9 cm³/mol. The molecule has 4 heteroatoms. The van der Waals surface area contributed by atoms with Crippen LogP contribution in [0.3, 0.4) is 0 Å². The van der Waals surface area contributed by atoms with Gasteiger partial charge in [0.2, 0.25) is 9.84 Å². The van der Waals surface area contributed by atoms with Gasteiger partial charge in [0.15, 0.2) is 0 Å². The van der Waals surface area contributed by atoms with Crippen molar-refractivity contribution in [3.63, 3.8) is 0 Å². The number of hydrogen-bond acceptors (Lipinski definition) is 3. The lowest BCUT2D eigenvalue weighted by Gasteiger charge is -2.41. The summed E-state index contributed by atoms with van der Waals surface area (Å²) < 4.78 is 25.6. The number of hydrogen-bond donors (Lipinski definition) is 1. The van der Waals surface area contributed by atoms with E-state index in [-0.39, 0.29) is 9.80 Å². The van der Waals surface area contributed by atoms with E-state index in [4.69, 9.17) is 0 Å². The van der Waals surface area contributed by atoms with Crippen LogP contribution < -0.4 is 0 Å². The molecule has 0 aliphatic heterocycles. The molecule has 0 spiro atoms. The molecular formula is C19H22O3S. The van der Waals surface area contributed by atoms with E-state index < -0.39 is 20.9 Å². The molecule has 2 aromatic carbocycles. The maximum Gasteiger partial charge on any atom is 0.205 e. The van der Waals surface area contributed by atoms with Gasteiger partial charge in [-0.3, -0.25) is 0 Å².